The largest absolute Gasteiger partial charge is 0.458 e. The lowest BCUT2D eigenvalue weighted by Gasteiger charge is -2.42. The molecule has 59 heavy (non-hydrogen) atoms. The Balaban J connectivity index is 1.34. The standard InChI is InChI=1S/C42H53ClFN7O8/c1-23-8-6-9-27(16-23)18-31(46-35(52)19-28-11-12-29(43)20-30(28)44)37(53)47-36-26(4)59-42(58)33-17-24(2)21-51(33)39(55)25(3)45-38(54)34-22-48(5)14-15-50(34)40(56)32-10-7-13-49(32)41(36)57/h6,8-9,11-12,16,20,24-26,31-34,36H,7,10,13-15,17-19,21-22H2,1-5H3,(H,45,54)(H,46,52)(H,47,53)/t24-,25+,26+,31+,32+,33+,34+,36+/m1/s1. The van der Waals surface area contributed by atoms with Crippen molar-refractivity contribution in [1.82, 2.24) is 35.6 Å². The summed E-state index contributed by atoms with van der Waals surface area (Å²) in [4.78, 5) is 105. The lowest BCUT2D eigenvalue weighted by molar-refractivity contribution is -0.163. The van der Waals surface area contributed by atoms with E-state index in [4.69, 9.17) is 16.3 Å². The zero-order valence-corrected chi connectivity index (χ0v) is 34.8. The number of rotatable bonds is 7. The molecule has 2 aromatic carbocycles. The van der Waals surface area contributed by atoms with Crippen LogP contribution in [0.3, 0.4) is 0 Å². The molecule has 15 nitrogen and oxygen atoms in total. The molecule has 6 rings (SSSR count). The minimum atomic E-state index is -1.54. The predicted molar refractivity (Wildman–Crippen MR) is 214 cm³/mol. The third kappa shape index (κ3) is 10.0. The first-order valence-corrected chi connectivity index (χ1v) is 20.6. The number of likely N-dealkylation sites (N-methyl/N-ethyl adjacent to an activating group) is 1. The Labute approximate surface area is 348 Å². The molecule has 4 saturated heterocycles. The Morgan fingerprint density at radius 2 is 1.66 bits per heavy atom. The zero-order valence-electron chi connectivity index (χ0n) is 34.0. The van der Waals surface area contributed by atoms with Crippen LogP contribution in [-0.4, -0.2) is 143 Å². The molecule has 4 aliphatic rings. The molecule has 0 saturated carbocycles. The SMILES string of the molecule is Cc1cccc(C[C@H](NC(=O)Cc2ccc(Cl)cc2F)C(=O)N[C@@H]2C(=O)N3CCC[C@H]3C(=O)N3CCN(C)C[C@H]3C(=O)N[C@@H](C)C(=O)N3C[C@H](C)C[C@H]3C(=O)O[C@H]2C)c1. The smallest absolute Gasteiger partial charge is 0.329 e. The molecule has 0 aliphatic carbocycles. The summed E-state index contributed by atoms with van der Waals surface area (Å²) in [6.45, 7) is 8.00. The van der Waals surface area contributed by atoms with Gasteiger partial charge in [0.2, 0.25) is 35.4 Å². The van der Waals surface area contributed by atoms with Gasteiger partial charge in [0.1, 0.15) is 48.2 Å². The Hall–Kier alpha value is -5.09. The second kappa shape index (κ2) is 18.4. The molecule has 6 amide bonds. The molecule has 0 spiro atoms. The van der Waals surface area contributed by atoms with Gasteiger partial charge >= 0.3 is 5.97 Å². The normalized spacial score (nSPS) is 27.7. The third-order valence-electron chi connectivity index (χ3n) is 11.7. The van der Waals surface area contributed by atoms with E-state index in [0.29, 0.717) is 18.5 Å². The number of benzene rings is 2. The number of piperazine rings is 1. The Kier molecular flexibility index (Phi) is 13.6. The van der Waals surface area contributed by atoms with Crippen LogP contribution in [0.15, 0.2) is 42.5 Å². The number of hydrogen-bond acceptors (Lipinski definition) is 9. The Bertz CT molecular complexity index is 1990. The highest BCUT2D eigenvalue weighted by Gasteiger charge is 2.47. The topological polar surface area (TPSA) is 178 Å². The fourth-order valence-electron chi connectivity index (χ4n) is 8.53. The van der Waals surface area contributed by atoms with Crippen molar-refractivity contribution in [3.8, 4) is 0 Å². The Morgan fingerprint density at radius 1 is 0.915 bits per heavy atom. The van der Waals surface area contributed by atoms with Gasteiger partial charge in [0.25, 0.3) is 0 Å². The van der Waals surface area contributed by atoms with E-state index >= 15 is 0 Å². The van der Waals surface area contributed by atoms with E-state index in [1.165, 1.54) is 40.7 Å². The molecule has 4 aliphatic heterocycles. The van der Waals surface area contributed by atoms with E-state index in [0.717, 1.165) is 11.6 Å². The molecular formula is C42H53ClFN7O8. The molecule has 0 unspecified atom stereocenters. The molecule has 17 heteroatoms. The highest BCUT2D eigenvalue weighted by atomic mass is 35.5. The molecule has 0 aromatic heterocycles. The van der Waals surface area contributed by atoms with E-state index in [1.54, 1.807) is 12.1 Å². The number of aryl methyl sites for hydroxylation is 1. The maximum Gasteiger partial charge on any atom is 0.329 e. The lowest BCUT2D eigenvalue weighted by atomic mass is 10.0. The number of hydrogen-bond donors (Lipinski definition) is 3. The summed E-state index contributed by atoms with van der Waals surface area (Å²) in [5.74, 6) is -5.20. The van der Waals surface area contributed by atoms with Crippen LogP contribution in [0.5, 0.6) is 0 Å². The molecule has 8 atom stereocenters. The number of esters is 1. The molecule has 2 aromatic rings. The average molecular weight is 838 g/mol. The van der Waals surface area contributed by atoms with Gasteiger partial charge < -0.3 is 40.3 Å². The highest BCUT2D eigenvalue weighted by Crippen LogP contribution is 2.28. The van der Waals surface area contributed by atoms with Gasteiger partial charge in [-0.1, -0.05) is 54.4 Å². The average Bonchev–Trinajstić information content (AvgIpc) is 3.84. The van der Waals surface area contributed by atoms with Crippen molar-refractivity contribution in [1.29, 1.82) is 0 Å². The number of carbonyl (C=O) groups excluding carboxylic acids is 7. The van der Waals surface area contributed by atoms with Crippen LogP contribution >= 0.6 is 11.6 Å². The zero-order chi connectivity index (χ0) is 42.7. The molecule has 4 fully saturated rings. The maximum atomic E-state index is 14.8. The molecule has 318 valence electrons. The van der Waals surface area contributed by atoms with Crippen molar-refractivity contribution in [2.75, 3.05) is 39.8 Å². The van der Waals surface area contributed by atoms with Crippen LogP contribution < -0.4 is 16.0 Å². The molecular weight excluding hydrogens is 785 g/mol. The van der Waals surface area contributed by atoms with Crippen LogP contribution in [0.2, 0.25) is 5.02 Å². The first-order chi connectivity index (χ1) is 28.0. The lowest BCUT2D eigenvalue weighted by Crippen LogP contribution is -2.65. The summed E-state index contributed by atoms with van der Waals surface area (Å²) in [6.07, 6.45) is -0.709. The van der Waals surface area contributed by atoms with Crippen LogP contribution in [0.1, 0.15) is 56.7 Å². The number of amides is 6. The summed E-state index contributed by atoms with van der Waals surface area (Å²) in [6, 6.07) is 4.41. The maximum absolute atomic E-state index is 14.8. The quantitative estimate of drug-likeness (QED) is 0.348. The summed E-state index contributed by atoms with van der Waals surface area (Å²) >= 11 is 5.91. The second-order valence-electron chi connectivity index (χ2n) is 16.4. The van der Waals surface area contributed by atoms with Gasteiger partial charge in [0.15, 0.2) is 0 Å². The molecule has 3 N–H and O–H groups in total. The van der Waals surface area contributed by atoms with Gasteiger partial charge in [-0.25, -0.2) is 9.18 Å². The number of ether oxygens (including phenoxy) is 1. The van der Waals surface area contributed by atoms with Gasteiger partial charge in [0.05, 0.1) is 6.42 Å². The van der Waals surface area contributed by atoms with Gasteiger partial charge in [-0.2, -0.15) is 0 Å². The van der Waals surface area contributed by atoms with Gasteiger partial charge in [-0.3, -0.25) is 28.8 Å². The van der Waals surface area contributed by atoms with Crippen molar-refractivity contribution in [2.45, 2.75) is 102 Å². The van der Waals surface area contributed by atoms with Gasteiger partial charge in [0, 0.05) is 44.2 Å². The van der Waals surface area contributed by atoms with Crippen molar-refractivity contribution >= 4 is 53.0 Å². The molecule has 0 bridgehead atoms. The molecule has 0 radical (unpaired) electrons. The van der Waals surface area contributed by atoms with Crippen LogP contribution in [-0.2, 0) is 51.1 Å². The number of cyclic esters (lactones) is 1. The van der Waals surface area contributed by atoms with Crippen molar-refractivity contribution in [3.05, 3.63) is 70.0 Å². The summed E-state index contributed by atoms with van der Waals surface area (Å²) < 4.78 is 20.7. The minimum Gasteiger partial charge on any atom is -0.458 e. The Morgan fingerprint density at radius 3 is 2.39 bits per heavy atom. The van der Waals surface area contributed by atoms with Gasteiger partial charge in [-0.05, 0) is 76.3 Å². The van der Waals surface area contributed by atoms with Crippen molar-refractivity contribution < 1.29 is 42.7 Å². The first-order valence-electron chi connectivity index (χ1n) is 20.2. The minimum absolute atomic E-state index is 0.00959. The summed E-state index contributed by atoms with van der Waals surface area (Å²) in [5.41, 5.74) is 1.65. The van der Waals surface area contributed by atoms with Crippen LogP contribution in [0, 0.1) is 18.7 Å². The number of halogens is 2. The van der Waals surface area contributed by atoms with Crippen molar-refractivity contribution in [2.24, 2.45) is 5.92 Å². The van der Waals surface area contributed by atoms with E-state index < -0.39 is 96.0 Å². The monoisotopic (exact) mass is 837 g/mol. The number of carbonyl (C=O) groups is 7. The number of nitrogens with one attached hydrogen (secondary N) is 3. The van der Waals surface area contributed by atoms with E-state index in [1.807, 2.05) is 37.9 Å². The van der Waals surface area contributed by atoms with E-state index in [2.05, 4.69) is 16.0 Å². The highest BCUT2D eigenvalue weighted by molar-refractivity contribution is 6.30. The van der Waals surface area contributed by atoms with Gasteiger partial charge in [-0.15, -0.1) is 0 Å². The van der Waals surface area contributed by atoms with Crippen LogP contribution in [0.4, 0.5) is 4.39 Å². The first kappa shape index (κ1) is 43.5. The van der Waals surface area contributed by atoms with E-state index in [-0.39, 0.29) is 61.9 Å². The predicted octanol–water partition coefficient (Wildman–Crippen LogP) is 1.36. The van der Waals surface area contributed by atoms with Crippen LogP contribution in [0.25, 0.3) is 0 Å². The summed E-state index contributed by atoms with van der Waals surface area (Å²) in [5, 5.41) is 8.40. The van der Waals surface area contributed by atoms with E-state index in [9.17, 15) is 38.0 Å². The summed E-state index contributed by atoms with van der Waals surface area (Å²) in [7, 11) is 1.83. The molecule has 4 heterocycles. The third-order valence-corrected chi connectivity index (χ3v) is 11.9. The number of fused-ring (bicyclic) bond motifs is 3. The number of nitrogens with zero attached hydrogens (tertiary/aromatic N) is 4. The van der Waals surface area contributed by atoms with Crippen molar-refractivity contribution in [3.63, 3.8) is 0 Å². The second-order valence-corrected chi connectivity index (χ2v) is 16.9. The fraction of sp³-hybridized carbons (Fsp3) is 0.548. The fourth-order valence-corrected chi connectivity index (χ4v) is 8.69.